The molecular formula is C15H19N3O. The summed E-state index contributed by atoms with van der Waals surface area (Å²) in [6.07, 6.45) is 4.27. The van der Waals surface area contributed by atoms with Crippen molar-refractivity contribution in [2.45, 2.75) is 13.5 Å². The second-order valence-corrected chi connectivity index (χ2v) is 4.01. The van der Waals surface area contributed by atoms with Crippen LogP contribution in [0.5, 0.6) is 0 Å². The smallest absolute Gasteiger partial charge is 0.211 e. The first-order valence-electron chi connectivity index (χ1n) is 6.06. The number of pyridine rings is 1. The number of carbonyl (C=O) groups excluding carboxylic acids is 1. The molecule has 1 amide bonds. The number of hydrogen-bond acceptors (Lipinski definition) is 3. The minimum Gasteiger partial charge on any atom is -0.329 e. The van der Waals surface area contributed by atoms with Crippen LogP contribution in [0, 0.1) is 6.92 Å². The highest BCUT2D eigenvalue weighted by Gasteiger charge is 1.86. The molecule has 0 aliphatic carbocycles. The molecule has 0 fully saturated rings. The lowest BCUT2D eigenvalue weighted by atomic mass is 10.2. The molecule has 0 atom stereocenters. The number of aromatic nitrogens is 1. The number of benzene rings is 1. The first-order chi connectivity index (χ1) is 9.26. The van der Waals surface area contributed by atoms with E-state index in [-0.39, 0.29) is 0 Å². The van der Waals surface area contributed by atoms with E-state index >= 15 is 0 Å². The third-order valence-electron chi connectivity index (χ3n) is 2.41. The molecule has 0 aliphatic rings. The maximum absolute atomic E-state index is 9.95. The minimum atomic E-state index is 0.671. The van der Waals surface area contributed by atoms with Gasteiger partial charge in [0, 0.05) is 24.6 Å². The number of carbonyl (C=O) groups is 1. The molecule has 4 heteroatoms. The van der Waals surface area contributed by atoms with E-state index in [4.69, 9.17) is 0 Å². The van der Waals surface area contributed by atoms with Crippen LogP contribution in [0.15, 0.2) is 48.8 Å². The molecule has 0 saturated carbocycles. The average Bonchev–Trinajstić information content (AvgIpc) is 2.44. The molecule has 0 spiro atoms. The molecule has 1 aromatic heterocycles. The lowest BCUT2D eigenvalue weighted by molar-refractivity contribution is -0.105. The molecule has 0 radical (unpaired) electrons. The quantitative estimate of drug-likeness (QED) is 0.827. The Kier molecular flexibility index (Phi) is 6.90. The van der Waals surface area contributed by atoms with Gasteiger partial charge in [0.05, 0.1) is 0 Å². The van der Waals surface area contributed by atoms with E-state index in [1.807, 2.05) is 50.4 Å². The van der Waals surface area contributed by atoms with E-state index in [2.05, 4.69) is 15.6 Å². The van der Waals surface area contributed by atoms with Crippen LogP contribution in [-0.4, -0.2) is 18.4 Å². The van der Waals surface area contributed by atoms with Gasteiger partial charge >= 0.3 is 0 Å². The van der Waals surface area contributed by atoms with Gasteiger partial charge in [-0.25, -0.2) is 0 Å². The minimum absolute atomic E-state index is 0.671. The summed E-state index contributed by atoms with van der Waals surface area (Å²) in [6.45, 7) is 2.92. The number of rotatable bonds is 4. The number of aryl methyl sites for hydroxylation is 1. The van der Waals surface area contributed by atoms with E-state index in [1.165, 1.54) is 11.1 Å². The highest BCUT2D eigenvalue weighted by molar-refractivity contribution is 5.70. The van der Waals surface area contributed by atoms with Crippen LogP contribution in [0.3, 0.4) is 0 Å². The summed E-state index contributed by atoms with van der Waals surface area (Å²) in [5, 5.41) is 5.61. The molecule has 0 bridgehead atoms. The van der Waals surface area contributed by atoms with Crippen molar-refractivity contribution in [3.63, 3.8) is 0 Å². The van der Waals surface area contributed by atoms with Crippen molar-refractivity contribution < 1.29 is 4.79 Å². The van der Waals surface area contributed by atoms with Gasteiger partial charge in [-0.2, -0.15) is 0 Å². The Labute approximate surface area is 113 Å². The first kappa shape index (κ1) is 14.9. The van der Waals surface area contributed by atoms with Gasteiger partial charge in [0.1, 0.15) is 0 Å². The summed E-state index contributed by atoms with van der Waals surface area (Å²) >= 11 is 0. The van der Waals surface area contributed by atoms with Gasteiger partial charge in [0.15, 0.2) is 0 Å². The van der Waals surface area contributed by atoms with E-state index in [0.717, 1.165) is 12.2 Å². The predicted molar refractivity (Wildman–Crippen MR) is 77.9 cm³/mol. The van der Waals surface area contributed by atoms with Crippen molar-refractivity contribution in [2.24, 2.45) is 0 Å². The summed E-state index contributed by atoms with van der Waals surface area (Å²) < 4.78 is 0. The van der Waals surface area contributed by atoms with Crippen LogP contribution in [0.4, 0.5) is 5.69 Å². The van der Waals surface area contributed by atoms with Crippen molar-refractivity contribution in [2.75, 3.05) is 12.4 Å². The Balaban J connectivity index is 0.000000191. The zero-order valence-electron chi connectivity index (χ0n) is 11.3. The molecule has 100 valence electrons. The number of amides is 1. The molecule has 4 nitrogen and oxygen atoms in total. The van der Waals surface area contributed by atoms with E-state index in [9.17, 15) is 4.79 Å². The van der Waals surface area contributed by atoms with Gasteiger partial charge in [-0.3, -0.25) is 9.78 Å². The lowest BCUT2D eigenvalue weighted by Gasteiger charge is -1.96. The fourth-order valence-corrected chi connectivity index (χ4v) is 1.42. The standard InChI is InChI=1S/C8H9NO.C7H10N2/c1-7-2-4-8(5-3-7)9-6-10;1-8-6-7-2-4-9-5-3-7/h2-6H,1H3,(H,9,10);2-5,8H,6H2,1H3. The van der Waals surface area contributed by atoms with Gasteiger partial charge in [0.25, 0.3) is 0 Å². The molecule has 0 unspecified atom stereocenters. The number of anilines is 1. The molecule has 0 aliphatic heterocycles. The molecule has 0 saturated heterocycles. The second kappa shape index (κ2) is 8.83. The third kappa shape index (κ3) is 6.33. The second-order valence-electron chi connectivity index (χ2n) is 4.01. The van der Waals surface area contributed by atoms with Crippen LogP contribution in [0.2, 0.25) is 0 Å². The topological polar surface area (TPSA) is 54.0 Å². The number of nitrogens with one attached hydrogen (secondary N) is 2. The summed E-state index contributed by atoms with van der Waals surface area (Å²) in [6, 6.07) is 11.6. The molecule has 1 aromatic carbocycles. The SMILES string of the molecule is CNCc1ccncc1.Cc1ccc(NC=O)cc1. The van der Waals surface area contributed by atoms with Crippen molar-refractivity contribution in [1.82, 2.24) is 10.3 Å². The van der Waals surface area contributed by atoms with Crippen LogP contribution in [0.25, 0.3) is 0 Å². The van der Waals surface area contributed by atoms with E-state index in [0.29, 0.717) is 6.41 Å². The number of nitrogens with zero attached hydrogens (tertiary/aromatic N) is 1. The van der Waals surface area contributed by atoms with Gasteiger partial charge in [-0.15, -0.1) is 0 Å². The summed E-state index contributed by atoms with van der Waals surface area (Å²) in [7, 11) is 1.93. The maximum Gasteiger partial charge on any atom is 0.211 e. The van der Waals surface area contributed by atoms with Gasteiger partial charge in [-0.1, -0.05) is 17.7 Å². The number of hydrogen-bond donors (Lipinski definition) is 2. The predicted octanol–water partition coefficient (Wildman–Crippen LogP) is 2.36. The van der Waals surface area contributed by atoms with Crippen LogP contribution < -0.4 is 10.6 Å². The fraction of sp³-hybridized carbons (Fsp3) is 0.200. The zero-order valence-corrected chi connectivity index (χ0v) is 11.3. The van der Waals surface area contributed by atoms with Crippen LogP contribution >= 0.6 is 0 Å². The molecule has 2 rings (SSSR count). The Bertz CT molecular complexity index is 469. The monoisotopic (exact) mass is 257 g/mol. The average molecular weight is 257 g/mol. The molecule has 1 heterocycles. The summed E-state index contributed by atoms with van der Waals surface area (Å²) in [5.41, 5.74) is 3.30. The van der Waals surface area contributed by atoms with E-state index < -0.39 is 0 Å². The van der Waals surface area contributed by atoms with Crippen LogP contribution in [-0.2, 0) is 11.3 Å². The Morgan fingerprint density at radius 2 is 1.74 bits per heavy atom. The fourth-order valence-electron chi connectivity index (χ4n) is 1.42. The van der Waals surface area contributed by atoms with Crippen LogP contribution in [0.1, 0.15) is 11.1 Å². The van der Waals surface area contributed by atoms with Gasteiger partial charge in [-0.05, 0) is 43.8 Å². The van der Waals surface area contributed by atoms with Crippen molar-refractivity contribution in [3.05, 3.63) is 59.9 Å². The maximum atomic E-state index is 9.95. The van der Waals surface area contributed by atoms with Gasteiger partial charge in [0.2, 0.25) is 6.41 Å². The van der Waals surface area contributed by atoms with Crippen molar-refractivity contribution in [1.29, 1.82) is 0 Å². The van der Waals surface area contributed by atoms with Crippen molar-refractivity contribution >= 4 is 12.1 Å². The van der Waals surface area contributed by atoms with Crippen molar-refractivity contribution in [3.8, 4) is 0 Å². The summed E-state index contributed by atoms with van der Waals surface area (Å²) in [5.74, 6) is 0. The molecule has 2 aromatic rings. The normalized spacial score (nSPS) is 9.16. The van der Waals surface area contributed by atoms with Gasteiger partial charge < -0.3 is 10.6 Å². The Morgan fingerprint density at radius 3 is 2.26 bits per heavy atom. The van der Waals surface area contributed by atoms with E-state index in [1.54, 1.807) is 12.4 Å². The highest BCUT2D eigenvalue weighted by Crippen LogP contribution is 2.06. The molecule has 2 N–H and O–H groups in total. The molecule has 19 heavy (non-hydrogen) atoms. The summed E-state index contributed by atoms with van der Waals surface area (Å²) in [4.78, 5) is 13.8. The molecular weight excluding hydrogens is 238 g/mol. The highest BCUT2D eigenvalue weighted by atomic mass is 16.1. The first-order valence-corrected chi connectivity index (χ1v) is 6.06. The Morgan fingerprint density at radius 1 is 1.11 bits per heavy atom. The lowest BCUT2D eigenvalue weighted by Crippen LogP contribution is -2.04. The Hall–Kier alpha value is -2.20. The third-order valence-corrected chi connectivity index (χ3v) is 2.41. The zero-order chi connectivity index (χ0) is 13.9. The largest absolute Gasteiger partial charge is 0.329 e.